The van der Waals surface area contributed by atoms with E-state index in [4.69, 9.17) is 0 Å². The molecule has 7 heteroatoms. The number of benzene rings is 1. The predicted octanol–water partition coefficient (Wildman–Crippen LogP) is 2.43. The Labute approximate surface area is 139 Å². The molecule has 1 aliphatic heterocycles. The van der Waals surface area contributed by atoms with Gasteiger partial charge in [-0.15, -0.1) is 11.3 Å². The second kappa shape index (κ2) is 5.72. The number of carbonyl (C=O) groups excluding carboxylic acids is 1. The number of sulfone groups is 1. The van der Waals surface area contributed by atoms with Crippen molar-refractivity contribution >= 4 is 27.1 Å². The number of hydrogen-bond acceptors (Lipinski definition) is 5. The molecule has 23 heavy (non-hydrogen) atoms. The van der Waals surface area contributed by atoms with E-state index in [-0.39, 0.29) is 17.4 Å². The third-order valence-corrected chi connectivity index (χ3v) is 7.05. The minimum absolute atomic E-state index is 0.00483. The standard InChI is InChI=1S/C16H18N2O3S2/c1-11-13(22-15(17-11)12-6-4-3-5-7-12)14(19)18-16(2)8-9-23(20,21)10-16/h3-7H,8-10H2,1-2H3,(H,18,19). The number of nitrogens with zero attached hydrogens (tertiary/aromatic N) is 1. The van der Waals surface area contributed by atoms with Crippen LogP contribution in [0.25, 0.3) is 10.6 Å². The highest BCUT2D eigenvalue weighted by atomic mass is 32.2. The maximum atomic E-state index is 12.5. The Morgan fingerprint density at radius 2 is 2.00 bits per heavy atom. The molecule has 0 spiro atoms. The Bertz CT molecular complexity index is 843. The van der Waals surface area contributed by atoms with Crippen molar-refractivity contribution in [3.8, 4) is 10.6 Å². The van der Waals surface area contributed by atoms with Gasteiger partial charge in [-0.3, -0.25) is 4.79 Å². The minimum atomic E-state index is -3.06. The summed E-state index contributed by atoms with van der Waals surface area (Å²) in [6.45, 7) is 3.58. The third kappa shape index (κ3) is 3.45. The Kier molecular flexibility index (Phi) is 4.01. The molecule has 122 valence electrons. The van der Waals surface area contributed by atoms with E-state index < -0.39 is 15.4 Å². The molecule has 0 radical (unpaired) electrons. The number of amides is 1. The first kappa shape index (κ1) is 16.1. The highest BCUT2D eigenvalue weighted by Gasteiger charge is 2.40. The van der Waals surface area contributed by atoms with E-state index in [0.29, 0.717) is 17.0 Å². The first-order chi connectivity index (χ1) is 10.8. The van der Waals surface area contributed by atoms with Crippen molar-refractivity contribution < 1.29 is 13.2 Å². The van der Waals surface area contributed by atoms with Crippen molar-refractivity contribution in [2.24, 2.45) is 0 Å². The van der Waals surface area contributed by atoms with Crippen LogP contribution in [0, 0.1) is 6.92 Å². The molecule has 1 N–H and O–H groups in total. The fourth-order valence-corrected chi connectivity index (χ4v) is 5.81. The van der Waals surface area contributed by atoms with Gasteiger partial charge in [-0.05, 0) is 20.3 Å². The van der Waals surface area contributed by atoms with E-state index in [9.17, 15) is 13.2 Å². The molecule has 3 rings (SSSR count). The normalized spacial score (nSPS) is 22.9. The third-order valence-electron chi connectivity index (χ3n) is 3.94. The molecule has 0 aliphatic carbocycles. The number of aryl methyl sites for hydroxylation is 1. The van der Waals surface area contributed by atoms with Crippen molar-refractivity contribution in [1.82, 2.24) is 10.3 Å². The van der Waals surface area contributed by atoms with E-state index in [2.05, 4.69) is 10.3 Å². The Hall–Kier alpha value is -1.73. The van der Waals surface area contributed by atoms with Crippen LogP contribution in [0.1, 0.15) is 28.7 Å². The van der Waals surface area contributed by atoms with Crippen LogP contribution in [0.15, 0.2) is 30.3 Å². The van der Waals surface area contributed by atoms with E-state index >= 15 is 0 Å². The molecule has 5 nitrogen and oxygen atoms in total. The number of rotatable bonds is 3. The lowest BCUT2D eigenvalue weighted by Gasteiger charge is -2.23. The van der Waals surface area contributed by atoms with Crippen molar-refractivity contribution in [3.05, 3.63) is 40.9 Å². The topological polar surface area (TPSA) is 76.1 Å². The van der Waals surface area contributed by atoms with E-state index in [1.165, 1.54) is 11.3 Å². The van der Waals surface area contributed by atoms with Crippen LogP contribution >= 0.6 is 11.3 Å². The molecule has 1 aliphatic rings. The zero-order chi connectivity index (χ0) is 16.7. The maximum absolute atomic E-state index is 12.5. The molecular formula is C16H18N2O3S2. The van der Waals surface area contributed by atoms with Gasteiger partial charge in [0.05, 0.1) is 22.7 Å². The Balaban J connectivity index is 1.82. The fraction of sp³-hybridized carbons (Fsp3) is 0.375. The lowest BCUT2D eigenvalue weighted by atomic mass is 10.0. The summed E-state index contributed by atoms with van der Waals surface area (Å²) in [5.74, 6) is -0.127. The van der Waals surface area contributed by atoms with Crippen LogP contribution in [0.5, 0.6) is 0 Å². The quantitative estimate of drug-likeness (QED) is 0.922. The van der Waals surface area contributed by atoms with Crippen LogP contribution in [-0.4, -0.2) is 36.4 Å². The summed E-state index contributed by atoms with van der Waals surface area (Å²) in [6, 6.07) is 9.68. The summed E-state index contributed by atoms with van der Waals surface area (Å²) in [4.78, 5) is 17.6. The highest BCUT2D eigenvalue weighted by molar-refractivity contribution is 7.91. The second-order valence-corrected chi connectivity index (χ2v) is 9.34. The molecule has 0 bridgehead atoms. The highest BCUT2D eigenvalue weighted by Crippen LogP contribution is 2.29. The molecule has 1 fully saturated rings. The zero-order valence-electron chi connectivity index (χ0n) is 13.0. The zero-order valence-corrected chi connectivity index (χ0v) is 14.6. The molecule has 2 heterocycles. The average molecular weight is 350 g/mol. The molecule has 1 atom stereocenters. The van der Waals surface area contributed by atoms with Crippen molar-refractivity contribution in [3.63, 3.8) is 0 Å². The van der Waals surface area contributed by atoms with Crippen LogP contribution in [0.2, 0.25) is 0 Å². The lowest BCUT2D eigenvalue weighted by Crippen LogP contribution is -2.46. The number of nitrogens with one attached hydrogen (secondary N) is 1. The van der Waals surface area contributed by atoms with Gasteiger partial charge in [0.15, 0.2) is 9.84 Å². The van der Waals surface area contributed by atoms with Crippen molar-refractivity contribution in [1.29, 1.82) is 0 Å². The van der Waals surface area contributed by atoms with Gasteiger partial charge in [-0.25, -0.2) is 13.4 Å². The van der Waals surface area contributed by atoms with Gasteiger partial charge in [0.2, 0.25) is 0 Å². The van der Waals surface area contributed by atoms with Gasteiger partial charge in [-0.2, -0.15) is 0 Å². The summed E-state index contributed by atoms with van der Waals surface area (Å²) >= 11 is 1.33. The van der Waals surface area contributed by atoms with E-state index in [0.717, 1.165) is 10.6 Å². The van der Waals surface area contributed by atoms with E-state index in [1.54, 1.807) is 13.8 Å². The summed E-state index contributed by atoms with van der Waals surface area (Å²) in [5.41, 5.74) is 0.935. The number of thiazole rings is 1. The molecule has 2 aromatic rings. The lowest BCUT2D eigenvalue weighted by molar-refractivity contribution is 0.0919. The van der Waals surface area contributed by atoms with Crippen LogP contribution in [0.3, 0.4) is 0 Å². The Morgan fingerprint density at radius 1 is 1.30 bits per heavy atom. The first-order valence-electron chi connectivity index (χ1n) is 7.34. The fourth-order valence-electron chi connectivity index (χ4n) is 2.75. The summed E-state index contributed by atoms with van der Waals surface area (Å²) < 4.78 is 23.3. The van der Waals surface area contributed by atoms with Crippen molar-refractivity contribution in [2.45, 2.75) is 25.8 Å². The number of hydrogen-bond donors (Lipinski definition) is 1. The largest absolute Gasteiger partial charge is 0.345 e. The average Bonchev–Trinajstić information content (AvgIpc) is 3.00. The number of carbonyl (C=O) groups is 1. The minimum Gasteiger partial charge on any atom is -0.345 e. The second-order valence-electron chi connectivity index (χ2n) is 6.16. The van der Waals surface area contributed by atoms with Gasteiger partial charge in [0, 0.05) is 5.56 Å². The summed E-state index contributed by atoms with van der Waals surface area (Å²) in [5, 5.41) is 3.67. The van der Waals surface area contributed by atoms with Gasteiger partial charge < -0.3 is 5.32 Å². The van der Waals surface area contributed by atoms with E-state index in [1.807, 2.05) is 30.3 Å². The monoisotopic (exact) mass is 350 g/mol. The molecular weight excluding hydrogens is 332 g/mol. The SMILES string of the molecule is Cc1nc(-c2ccccc2)sc1C(=O)NC1(C)CCS(=O)(=O)C1. The molecule has 1 aromatic heterocycles. The molecule has 1 unspecified atom stereocenters. The van der Waals surface area contributed by atoms with Crippen molar-refractivity contribution in [2.75, 3.05) is 11.5 Å². The van der Waals surface area contributed by atoms with Crippen LogP contribution in [0.4, 0.5) is 0 Å². The smallest absolute Gasteiger partial charge is 0.263 e. The molecule has 1 amide bonds. The predicted molar refractivity (Wildman–Crippen MR) is 91.4 cm³/mol. The van der Waals surface area contributed by atoms with Gasteiger partial charge >= 0.3 is 0 Å². The molecule has 1 aromatic carbocycles. The summed E-state index contributed by atoms with van der Waals surface area (Å²) in [7, 11) is -3.06. The van der Waals surface area contributed by atoms with Crippen LogP contribution in [-0.2, 0) is 9.84 Å². The van der Waals surface area contributed by atoms with Gasteiger partial charge in [0.1, 0.15) is 9.88 Å². The Morgan fingerprint density at radius 3 is 2.61 bits per heavy atom. The molecule has 0 saturated carbocycles. The maximum Gasteiger partial charge on any atom is 0.263 e. The van der Waals surface area contributed by atoms with Crippen LogP contribution < -0.4 is 5.32 Å². The number of aromatic nitrogens is 1. The molecule has 1 saturated heterocycles. The van der Waals surface area contributed by atoms with Gasteiger partial charge in [0.25, 0.3) is 5.91 Å². The van der Waals surface area contributed by atoms with Gasteiger partial charge in [-0.1, -0.05) is 30.3 Å². The first-order valence-corrected chi connectivity index (χ1v) is 9.98. The summed E-state index contributed by atoms with van der Waals surface area (Å²) in [6.07, 6.45) is 0.449.